The fraction of sp³-hybridized carbons (Fsp3) is 0.111. The van der Waals surface area contributed by atoms with Crippen LogP contribution in [0, 0.1) is 20.2 Å². The Morgan fingerprint density at radius 2 is 1.95 bits per heavy atom. The van der Waals surface area contributed by atoms with Crippen molar-refractivity contribution < 1.29 is 29.3 Å². The molecule has 0 atom stereocenters. The van der Waals surface area contributed by atoms with Crippen LogP contribution in [0.25, 0.3) is 5.53 Å². The van der Waals surface area contributed by atoms with E-state index < -0.39 is 33.7 Å². The van der Waals surface area contributed by atoms with Crippen LogP contribution in [0.4, 0.5) is 17.1 Å². The van der Waals surface area contributed by atoms with Crippen molar-refractivity contribution in [2.45, 2.75) is 0 Å². The van der Waals surface area contributed by atoms with E-state index in [2.05, 4.69) is 5.32 Å². The Labute approximate surface area is 115 Å². The molecular formula is C9H7N5O7. The van der Waals surface area contributed by atoms with E-state index in [0.717, 1.165) is 24.3 Å². The third-order valence-corrected chi connectivity index (χ3v) is 1.86. The first-order valence-corrected chi connectivity index (χ1v) is 4.93. The maximum Gasteiger partial charge on any atom is 0.557 e. The normalized spacial score (nSPS) is 8.38. The fourth-order valence-corrected chi connectivity index (χ4v) is 1.10. The van der Waals surface area contributed by atoms with Gasteiger partial charge in [-0.1, -0.05) is 4.79 Å². The summed E-state index contributed by atoms with van der Waals surface area (Å²) < 4.78 is 0. The summed E-state index contributed by atoms with van der Waals surface area (Å²) in [5, 5.41) is 31.8. The molecule has 0 saturated carbocycles. The number of aliphatic carboxylic acids is 1. The van der Waals surface area contributed by atoms with E-state index in [4.69, 9.17) is 15.4 Å². The number of nitro groups is 2. The highest BCUT2D eigenvalue weighted by Gasteiger charge is 2.19. The molecular weight excluding hydrogens is 290 g/mol. The molecule has 0 radical (unpaired) electrons. The smallest absolute Gasteiger partial charge is 0.480 e. The van der Waals surface area contributed by atoms with Crippen molar-refractivity contribution in [3.05, 3.63) is 44.0 Å². The number of carboxylic acids is 1. The molecule has 0 unspecified atom stereocenters. The summed E-state index contributed by atoms with van der Waals surface area (Å²) in [6.07, 6.45) is 0.861. The number of nitrogens with zero attached hydrogens (tertiary/aromatic N) is 4. The van der Waals surface area contributed by atoms with Crippen LogP contribution < -0.4 is 5.32 Å². The zero-order valence-electron chi connectivity index (χ0n) is 10.1. The second kappa shape index (κ2) is 8.48. The SMILES string of the molecule is O=C(O)CNc1ccc([N+](=O)[O-])cc1[N+](=O)[O-].[N-]=[N+]=C=O. The van der Waals surface area contributed by atoms with Gasteiger partial charge in [0.2, 0.25) is 0 Å². The van der Waals surface area contributed by atoms with Crippen LogP contribution in [0.1, 0.15) is 0 Å². The van der Waals surface area contributed by atoms with Crippen LogP contribution in [-0.4, -0.2) is 38.3 Å². The number of carboxylic acid groups (broad SMARTS) is 1. The van der Waals surface area contributed by atoms with E-state index in [1.54, 1.807) is 0 Å². The van der Waals surface area contributed by atoms with Crippen molar-refractivity contribution >= 4 is 29.1 Å². The number of isocyanates is 1. The number of carbonyl (C=O) groups is 1. The first kappa shape index (κ1) is 17.4. The lowest BCUT2D eigenvalue weighted by Gasteiger charge is -2.03. The minimum absolute atomic E-state index is 0.0806. The number of non-ortho nitro benzene ring substituents is 1. The van der Waals surface area contributed by atoms with Gasteiger partial charge in [0.1, 0.15) is 12.2 Å². The number of nitrogens with one attached hydrogen (secondary N) is 1. The van der Waals surface area contributed by atoms with Gasteiger partial charge in [0.15, 0.2) is 0 Å². The summed E-state index contributed by atoms with van der Waals surface area (Å²) in [6, 6.07) is 2.92. The van der Waals surface area contributed by atoms with Crippen molar-refractivity contribution in [2.75, 3.05) is 11.9 Å². The van der Waals surface area contributed by atoms with Crippen LogP contribution in [-0.2, 0) is 9.59 Å². The molecule has 1 aromatic rings. The lowest BCUT2D eigenvalue weighted by atomic mass is 10.2. The number of rotatable bonds is 5. The van der Waals surface area contributed by atoms with Gasteiger partial charge < -0.3 is 16.0 Å². The van der Waals surface area contributed by atoms with E-state index >= 15 is 0 Å². The second-order valence-corrected chi connectivity index (χ2v) is 3.15. The Bertz CT molecular complexity index is 623. The summed E-state index contributed by atoms with van der Waals surface area (Å²) in [5.74, 6) is -1.20. The van der Waals surface area contributed by atoms with Gasteiger partial charge in [-0.25, -0.2) is 0 Å². The Balaban J connectivity index is 0.000000885. The molecule has 0 aliphatic heterocycles. The standard InChI is InChI=1S/C8H7N3O6.CN2O/c12-8(13)4-9-6-2-1-5(10(14)15)3-7(6)11(16)17;2-3-1-4/h1-3,9H,4H2,(H,12,13);. The number of hydrogen-bond donors (Lipinski definition) is 2. The second-order valence-electron chi connectivity index (χ2n) is 3.15. The van der Waals surface area contributed by atoms with Gasteiger partial charge in [0.25, 0.3) is 11.4 Å². The van der Waals surface area contributed by atoms with Crippen molar-refractivity contribution in [3.63, 3.8) is 0 Å². The molecule has 0 fully saturated rings. The Hall–Kier alpha value is -3.62. The first-order chi connectivity index (χ1) is 9.83. The molecule has 0 aliphatic rings. The summed E-state index contributed by atoms with van der Waals surface area (Å²) in [4.78, 5) is 40.3. The Morgan fingerprint density at radius 3 is 2.33 bits per heavy atom. The van der Waals surface area contributed by atoms with Crippen molar-refractivity contribution in [3.8, 4) is 0 Å². The van der Waals surface area contributed by atoms with E-state index in [-0.39, 0.29) is 5.69 Å². The molecule has 0 heterocycles. The molecule has 12 nitrogen and oxygen atoms in total. The number of nitro benzene ring substituents is 2. The molecule has 0 amide bonds. The van der Waals surface area contributed by atoms with Gasteiger partial charge in [-0.3, -0.25) is 25.0 Å². The summed E-state index contributed by atoms with van der Waals surface area (Å²) >= 11 is 0. The molecule has 21 heavy (non-hydrogen) atoms. The highest BCUT2D eigenvalue weighted by molar-refractivity contribution is 5.75. The van der Waals surface area contributed by atoms with Gasteiger partial charge in [0.05, 0.1) is 15.9 Å². The van der Waals surface area contributed by atoms with Gasteiger partial charge in [-0.05, 0) is 6.07 Å². The molecule has 0 aromatic heterocycles. The van der Waals surface area contributed by atoms with E-state index in [9.17, 15) is 25.0 Å². The summed E-state index contributed by atoms with van der Waals surface area (Å²) in [5.41, 5.74) is 6.02. The average molecular weight is 297 g/mol. The predicted octanol–water partition coefficient (Wildman–Crippen LogP) is 0.551. The van der Waals surface area contributed by atoms with Gasteiger partial charge in [-0.15, -0.1) is 4.79 Å². The van der Waals surface area contributed by atoms with E-state index in [0.29, 0.717) is 0 Å². The first-order valence-electron chi connectivity index (χ1n) is 4.93. The molecule has 110 valence electrons. The van der Waals surface area contributed by atoms with Crippen molar-refractivity contribution in [1.29, 1.82) is 0 Å². The third kappa shape index (κ3) is 6.20. The molecule has 0 aliphatic carbocycles. The summed E-state index contributed by atoms with van der Waals surface area (Å²) in [7, 11) is 0. The molecule has 1 aromatic carbocycles. The highest BCUT2D eigenvalue weighted by atomic mass is 16.6. The molecule has 0 bridgehead atoms. The Morgan fingerprint density at radius 1 is 1.38 bits per heavy atom. The van der Waals surface area contributed by atoms with Gasteiger partial charge >= 0.3 is 12.0 Å². The quantitative estimate of drug-likeness (QED) is 0.196. The molecule has 1 rings (SSSR count). The van der Waals surface area contributed by atoms with Crippen LogP contribution in [0.2, 0.25) is 0 Å². The largest absolute Gasteiger partial charge is 0.557 e. The number of anilines is 1. The minimum Gasteiger partial charge on any atom is -0.480 e. The number of benzene rings is 1. The van der Waals surface area contributed by atoms with Crippen molar-refractivity contribution in [1.82, 2.24) is 0 Å². The van der Waals surface area contributed by atoms with E-state index in [1.807, 2.05) is 4.79 Å². The third-order valence-electron chi connectivity index (χ3n) is 1.86. The van der Waals surface area contributed by atoms with Crippen LogP contribution in [0.3, 0.4) is 0 Å². The van der Waals surface area contributed by atoms with E-state index in [1.165, 1.54) is 0 Å². The lowest BCUT2D eigenvalue weighted by Crippen LogP contribution is -2.13. The minimum atomic E-state index is -1.20. The van der Waals surface area contributed by atoms with Crippen LogP contribution >= 0.6 is 0 Å². The average Bonchev–Trinajstić information content (AvgIpc) is 2.44. The predicted molar refractivity (Wildman–Crippen MR) is 65.2 cm³/mol. The fourth-order valence-electron chi connectivity index (χ4n) is 1.10. The maximum atomic E-state index is 10.6. The monoisotopic (exact) mass is 297 g/mol. The maximum absolute atomic E-state index is 10.6. The number of carbonyl (C=O) groups excluding carboxylic acids is 1. The van der Waals surface area contributed by atoms with Gasteiger partial charge in [0, 0.05) is 6.07 Å². The van der Waals surface area contributed by atoms with Gasteiger partial charge in [-0.2, -0.15) is 0 Å². The molecule has 2 N–H and O–H groups in total. The van der Waals surface area contributed by atoms with Crippen molar-refractivity contribution in [2.24, 2.45) is 0 Å². The molecule has 12 heteroatoms. The summed E-state index contributed by atoms with van der Waals surface area (Å²) in [6.45, 7) is -0.515. The molecule has 0 spiro atoms. The zero-order chi connectivity index (χ0) is 16.4. The zero-order valence-corrected chi connectivity index (χ0v) is 10.1. The highest BCUT2D eigenvalue weighted by Crippen LogP contribution is 2.28. The number of hydrogen-bond acceptors (Lipinski definition) is 7. The topological polar surface area (TPSA) is 189 Å². The molecule has 0 saturated heterocycles. The van der Waals surface area contributed by atoms with Crippen LogP contribution in [0.15, 0.2) is 18.2 Å². The lowest BCUT2D eigenvalue weighted by molar-refractivity contribution is -0.393. The van der Waals surface area contributed by atoms with Crippen LogP contribution in [0.5, 0.6) is 0 Å². The Kier molecular flexibility index (Phi) is 7.02.